The first kappa shape index (κ1) is 15.9. The molecule has 1 saturated heterocycles. The molecule has 1 aromatic heterocycles. The van der Waals surface area contributed by atoms with Crippen molar-refractivity contribution in [2.75, 3.05) is 25.1 Å². The summed E-state index contributed by atoms with van der Waals surface area (Å²) in [6.45, 7) is 7.17. The number of methoxy groups -OCH3 is 1. The third-order valence-electron chi connectivity index (χ3n) is 4.84. The van der Waals surface area contributed by atoms with Crippen LogP contribution in [0.3, 0.4) is 0 Å². The first-order chi connectivity index (χ1) is 11.1. The Morgan fingerprint density at radius 1 is 1.30 bits per heavy atom. The molecule has 0 radical (unpaired) electrons. The summed E-state index contributed by atoms with van der Waals surface area (Å²) in [7, 11) is 3.74. The van der Waals surface area contributed by atoms with Gasteiger partial charge in [-0.1, -0.05) is 12.1 Å². The Labute approximate surface area is 138 Å². The van der Waals surface area contributed by atoms with Gasteiger partial charge in [-0.25, -0.2) is 0 Å². The molecule has 124 valence electrons. The molecular weight excluding hydrogens is 288 g/mol. The van der Waals surface area contributed by atoms with Crippen LogP contribution >= 0.6 is 0 Å². The largest absolute Gasteiger partial charge is 0.495 e. The monoisotopic (exact) mass is 314 g/mol. The topological polar surface area (TPSA) is 42.3 Å². The lowest BCUT2D eigenvalue weighted by molar-refractivity contribution is 0.414. The Balaban J connectivity index is 1.62. The number of hydrogen-bond donors (Lipinski definition) is 1. The minimum absolute atomic E-state index is 0.499. The van der Waals surface area contributed by atoms with E-state index in [0.29, 0.717) is 6.04 Å². The summed E-state index contributed by atoms with van der Waals surface area (Å²) in [4.78, 5) is 2.40. The van der Waals surface area contributed by atoms with E-state index in [4.69, 9.17) is 4.74 Å². The zero-order chi connectivity index (χ0) is 16.4. The van der Waals surface area contributed by atoms with E-state index >= 15 is 0 Å². The highest BCUT2D eigenvalue weighted by Gasteiger charge is 2.24. The summed E-state index contributed by atoms with van der Waals surface area (Å²) in [5.41, 5.74) is 4.88. The first-order valence-electron chi connectivity index (χ1n) is 8.20. The van der Waals surface area contributed by atoms with Gasteiger partial charge in [-0.3, -0.25) is 4.68 Å². The number of hydrogen-bond acceptors (Lipinski definition) is 4. The molecule has 1 fully saturated rings. The van der Waals surface area contributed by atoms with Crippen LogP contribution in [-0.4, -0.2) is 36.0 Å². The average molecular weight is 314 g/mol. The Kier molecular flexibility index (Phi) is 4.57. The van der Waals surface area contributed by atoms with E-state index < -0.39 is 0 Å². The summed E-state index contributed by atoms with van der Waals surface area (Å²) < 4.78 is 7.44. The van der Waals surface area contributed by atoms with Crippen molar-refractivity contribution < 1.29 is 4.74 Å². The highest BCUT2D eigenvalue weighted by atomic mass is 16.5. The molecule has 5 heteroatoms. The van der Waals surface area contributed by atoms with Gasteiger partial charge in [0.1, 0.15) is 5.75 Å². The van der Waals surface area contributed by atoms with E-state index in [-0.39, 0.29) is 0 Å². The van der Waals surface area contributed by atoms with Crippen LogP contribution in [0, 0.1) is 13.8 Å². The molecule has 5 nitrogen and oxygen atoms in total. The van der Waals surface area contributed by atoms with Crippen molar-refractivity contribution in [3.8, 4) is 5.75 Å². The number of anilines is 1. The van der Waals surface area contributed by atoms with Crippen LogP contribution < -0.4 is 15.0 Å². The van der Waals surface area contributed by atoms with Gasteiger partial charge in [0.05, 0.1) is 18.5 Å². The molecule has 1 atom stereocenters. The predicted molar refractivity (Wildman–Crippen MR) is 93.1 cm³/mol. The maximum atomic E-state index is 5.48. The summed E-state index contributed by atoms with van der Waals surface area (Å²) in [5.74, 6) is 0.951. The SMILES string of the molecule is COc1ccccc1N1CCC(NCc2c(C)nn(C)c2C)C1. The molecule has 0 aliphatic carbocycles. The lowest BCUT2D eigenvalue weighted by Gasteiger charge is -2.21. The predicted octanol–water partition coefficient (Wildman–Crippen LogP) is 2.41. The van der Waals surface area contributed by atoms with Gasteiger partial charge in [-0.15, -0.1) is 0 Å². The third-order valence-corrected chi connectivity index (χ3v) is 4.84. The quantitative estimate of drug-likeness (QED) is 0.920. The Morgan fingerprint density at radius 3 is 2.78 bits per heavy atom. The fourth-order valence-electron chi connectivity index (χ4n) is 3.36. The van der Waals surface area contributed by atoms with Crippen molar-refractivity contribution in [2.24, 2.45) is 7.05 Å². The van der Waals surface area contributed by atoms with Crippen LogP contribution in [0.5, 0.6) is 5.75 Å². The van der Waals surface area contributed by atoms with Gasteiger partial charge in [0, 0.05) is 44.0 Å². The third kappa shape index (κ3) is 3.20. The standard InChI is InChI=1S/C18H26N4O/c1-13-16(14(2)21(3)20-13)11-19-15-9-10-22(12-15)17-7-5-6-8-18(17)23-4/h5-8,15,19H,9-12H2,1-4H3. The average Bonchev–Trinajstić information content (AvgIpc) is 3.11. The number of aromatic nitrogens is 2. The lowest BCUT2D eigenvalue weighted by Crippen LogP contribution is -2.32. The summed E-state index contributed by atoms with van der Waals surface area (Å²) in [5, 5.41) is 8.19. The molecule has 0 spiro atoms. The van der Waals surface area contributed by atoms with Crippen molar-refractivity contribution in [1.82, 2.24) is 15.1 Å². The normalized spacial score (nSPS) is 17.7. The second-order valence-corrected chi connectivity index (χ2v) is 6.26. The maximum Gasteiger partial charge on any atom is 0.142 e. The molecule has 0 saturated carbocycles. The molecule has 1 aromatic carbocycles. The van der Waals surface area contributed by atoms with Crippen molar-refractivity contribution in [3.05, 3.63) is 41.2 Å². The second-order valence-electron chi connectivity index (χ2n) is 6.26. The van der Waals surface area contributed by atoms with Crippen molar-refractivity contribution in [3.63, 3.8) is 0 Å². The van der Waals surface area contributed by atoms with Crippen molar-refractivity contribution in [1.29, 1.82) is 0 Å². The molecule has 1 aliphatic heterocycles. The number of rotatable bonds is 5. The minimum atomic E-state index is 0.499. The van der Waals surface area contributed by atoms with Crippen molar-refractivity contribution >= 4 is 5.69 Å². The number of benzene rings is 1. The van der Waals surface area contributed by atoms with Crippen LogP contribution in [0.15, 0.2) is 24.3 Å². The van der Waals surface area contributed by atoms with E-state index in [9.17, 15) is 0 Å². The Bertz CT molecular complexity index is 680. The highest BCUT2D eigenvalue weighted by Crippen LogP contribution is 2.30. The zero-order valence-corrected chi connectivity index (χ0v) is 14.5. The summed E-state index contributed by atoms with van der Waals surface area (Å²) in [6, 6.07) is 8.75. The van der Waals surface area contributed by atoms with Crippen LogP contribution in [-0.2, 0) is 13.6 Å². The number of para-hydroxylation sites is 2. The first-order valence-corrected chi connectivity index (χ1v) is 8.20. The van der Waals surface area contributed by atoms with E-state index in [0.717, 1.165) is 37.5 Å². The molecule has 1 N–H and O–H groups in total. The molecule has 3 rings (SSSR count). The van der Waals surface area contributed by atoms with Gasteiger partial charge in [0.15, 0.2) is 0 Å². The molecular formula is C18H26N4O. The molecule has 0 bridgehead atoms. The second kappa shape index (κ2) is 6.62. The molecule has 23 heavy (non-hydrogen) atoms. The van der Waals surface area contributed by atoms with Gasteiger partial charge < -0.3 is 15.0 Å². The fourth-order valence-corrected chi connectivity index (χ4v) is 3.36. The molecule has 1 unspecified atom stereocenters. The Morgan fingerprint density at radius 2 is 2.09 bits per heavy atom. The number of ether oxygens (including phenoxy) is 1. The van der Waals surface area contributed by atoms with E-state index in [1.807, 2.05) is 23.9 Å². The van der Waals surface area contributed by atoms with Gasteiger partial charge in [0.2, 0.25) is 0 Å². The van der Waals surface area contributed by atoms with Gasteiger partial charge in [0.25, 0.3) is 0 Å². The van der Waals surface area contributed by atoms with Crippen LogP contribution in [0.25, 0.3) is 0 Å². The Hall–Kier alpha value is -2.01. The van der Waals surface area contributed by atoms with E-state index in [1.165, 1.54) is 16.9 Å². The minimum Gasteiger partial charge on any atom is -0.495 e. The number of nitrogens with one attached hydrogen (secondary N) is 1. The number of nitrogens with zero attached hydrogens (tertiary/aromatic N) is 3. The van der Waals surface area contributed by atoms with Crippen LogP contribution in [0.4, 0.5) is 5.69 Å². The highest BCUT2D eigenvalue weighted by molar-refractivity contribution is 5.59. The number of aryl methyl sites for hydroxylation is 2. The molecule has 0 amide bonds. The lowest BCUT2D eigenvalue weighted by atomic mass is 10.1. The van der Waals surface area contributed by atoms with Crippen LogP contribution in [0.1, 0.15) is 23.4 Å². The maximum absolute atomic E-state index is 5.48. The summed E-state index contributed by atoms with van der Waals surface area (Å²) >= 11 is 0. The fraction of sp³-hybridized carbons (Fsp3) is 0.500. The molecule has 2 aromatic rings. The van der Waals surface area contributed by atoms with Crippen LogP contribution in [0.2, 0.25) is 0 Å². The van der Waals surface area contributed by atoms with Gasteiger partial charge >= 0.3 is 0 Å². The van der Waals surface area contributed by atoms with E-state index in [2.05, 4.69) is 41.3 Å². The smallest absolute Gasteiger partial charge is 0.142 e. The zero-order valence-electron chi connectivity index (χ0n) is 14.5. The molecule has 2 heterocycles. The van der Waals surface area contributed by atoms with Crippen molar-refractivity contribution in [2.45, 2.75) is 32.9 Å². The van der Waals surface area contributed by atoms with Gasteiger partial charge in [-0.05, 0) is 32.4 Å². The van der Waals surface area contributed by atoms with E-state index in [1.54, 1.807) is 7.11 Å². The van der Waals surface area contributed by atoms with Gasteiger partial charge in [-0.2, -0.15) is 5.10 Å². The molecule has 1 aliphatic rings. The summed E-state index contributed by atoms with van der Waals surface area (Å²) in [6.07, 6.45) is 1.15.